The third-order valence-corrected chi connectivity index (χ3v) is 4.07. The first-order chi connectivity index (χ1) is 14.7. The molecule has 0 aliphatic rings. The Morgan fingerprint density at radius 1 is 0.742 bits per heavy atom. The predicted octanol–water partition coefficient (Wildman–Crippen LogP) is 3.23. The second-order valence-electron chi connectivity index (χ2n) is 6.47. The Balaban J connectivity index is 1.72. The molecule has 0 aromatic heterocycles. The second kappa shape index (κ2) is 8.87. The highest BCUT2D eigenvalue weighted by Gasteiger charge is 2.14. The lowest BCUT2D eigenvalue weighted by Gasteiger charge is -2.10. The van der Waals surface area contributed by atoms with E-state index in [0.717, 1.165) is 12.1 Å². The minimum Gasteiger partial charge on any atom is -0.504 e. The van der Waals surface area contributed by atoms with Gasteiger partial charge in [0.1, 0.15) is 5.75 Å². The highest BCUT2D eigenvalue weighted by Crippen LogP contribution is 2.35. The van der Waals surface area contributed by atoms with Gasteiger partial charge in [-0.1, -0.05) is 12.1 Å². The maximum Gasteiger partial charge on any atom is 0.308 e. The number of benzene rings is 3. The summed E-state index contributed by atoms with van der Waals surface area (Å²) in [6.45, 7) is 1.26. The van der Waals surface area contributed by atoms with Crippen molar-refractivity contribution in [2.75, 3.05) is 10.6 Å². The molecule has 3 rings (SSSR count). The summed E-state index contributed by atoms with van der Waals surface area (Å²) in [5, 5.41) is 33.7. The molecule has 0 saturated carbocycles. The average molecular weight is 422 g/mol. The van der Waals surface area contributed by atoms with Gasteiger partial charge in [0.25, 0.3) is 11.8 Å². The number of carbonyl (C=O) groups is 3. The van der Waals surface area contributed by atoms with Crippen LogP contribution >= 0.6 is 0 Å². The number of nitrogens with one attached hydrogen (secondary N) is 2. The van der Waals surface area contributed by atoms with Gasteiger partial charge < -0.3 is 30.7 Å². The first-order valence-electron chi connectivity index (χ1n) is 8.99. The minimum absolute atomic E-state index is 0.0791. The molecule has 0 fully saturated rings. The van der Waals surface area contributed by atoms with E-state index in [1.165, 1.54) is 19.1 Å². The molecular weight excluding hydrogens is 404 g/mol. The Labute approximate surface area is 176 Å². The first kappa shape index (κ1) is 21.2. The summed E-state index contributed by atoms with van der Waals surface area (Å²) in [6.07, 6.45) is 0. The summed E-state index contributed by atoms with van der Waals surface area (Å²) in [5.74, 6) is -3.37. The lowest BCUT2D eigenvalue weighted by Crippen LogP contribution is -2.14. The van der Waals surface area contributed by atoms with Crippen LogP contribution < -0.4 is 15.4 Å². The van der Waals surface area contributed by atoms with Gasteiger partial charge in [0.05, 0.1) is 0 Å². The minimum atomic E-state index is -0.723. The SMILES string of the molecule is CC(=O)Oc1cccc(C(=O)Nc2cccc(NC(=O)c3cc(O)c(O)c(O)c3)c2)c1. The van der Waals surface area contributed by atoms with Gasteiger partial charge >= 0.3 is 5.97 Å². The number of esters is 1. The molecule has 9 nitrogen and oxygen atoms in total. The zero-order valence-corrected chi connectivity index (χ0v) is 16.2. The lowest BCUT2D eigenvalue weighted by atomic mass is 10.1. The van der Waals surface area contributed by atoms with Crippen molar-refractivity contribution in [1.29, 1.82) is 0 Å². The number of hydrogen-bond donors (Lipinski definition) is 5. The molecule has 0 atom stereocenters. The van der Waals surface area contributed by atoms with Gasteiger partial charge in [-0.2, -0.15) is 0 Å². The van der Waals surface area contributed by atoms with E-state index in [2.05, 4.69) is 10.6 Å². The van der Waals surface area contributed by atoms with Crippen LogP contribution in [0.25, 0.3) is 0 Å². The van der Waals surface area contributed by atoms with Crippen LogP contribution in [0, 0.1) is 0 Å². The third kappa shape index (κ3) is 5.30. The van der Waals surface area contributed by atoms with Crippen LogP contribution in [0.1, 0.15) is 27.6 Å². The lowest BCUT2D eigenvalue weighted by molar-refractivity contribution is -0.131. The molecule has 0 radical (unpaired) electrons. The van der Waals surface area contributed by atoms with Crippen LogP contribution in [0.15, 0.2) is 60.7 Å². The van der Waals surface area contributed by atoms with E-state index in [4.69, 9.17) is 4.74 Å². The summed E-state index contributed by atoms with van der Waals surface area (Å²) in [5.41, 5.74) is 0.911. The second-order valence-corrected chi connectivity index (χ2v) is 6.47. The molecule has 5 N–H and O–H groups in total. The van der Waals surface area contributed by atoms with E-state index in [1.54, 1.807) is 36.4 Å². The summed E-state index contributed by atoms with van der Waals surface area (Å²) < 4.78 is 4.97. The van der Waals surface area contributed by atoms with Crippen molar-refractivity contribution in [2.45, 2.75) is 6.92 Å². The van der Waals surface area contributed by atoms with Crippen LogP contribution in [0.2, 0.25) is 0 Å². The molecule has 0 unspecified atom stereocenters. The fourth-order valence-electron chi connectivity index (χ4n) is 2.68. The molecule has 158 valence electrons. The number of phenolic OH excluding ortho intramolecular Hbond substituents is 3. The van der Waals surface area contributed by atoms with Gasteiger partial charge in [0, 0.05) is 29.4 Å². The van der Waals surface area contributed by atoms with Gasteiger partial charge in [0.15, 0.2) is 17.2 Å². The molecule has 0 aliphatic carbocycles. The number of phenols is 3. The Morgan fingerprint density at radius 2 is 1.29 bits per heavy atom. The van der Waals surface area contributed by atoms with Crippen molar-refractivity contribution in [1.82, 2.24) is 0 Å². The van der Waals surface area contributed by atoms with Crippen molar-refractivity contribution in [3.05, 3.63) is 71.8 Å². The average Bonchev–Trinajstić information content (AvgIpc) is 2.71. The zero-order chi connectivity index (χ0) is 22.5. The summed E-state index contributed by atoms with van der Waals surface area (Å²) >= 11 is 0. The largest absolute Gasteiger partial charge is 0.504 e. The standard InChI is InChI=1S/C22H18N2O7/c1-12(25)31-17-7-2-4-13(8-17)21(29)23-15-5-3-6-16(11-15)24-22(30)14-9-18(26)20(28)19(27)10-14/h2-11,26-28H,1H3,(H,23,29)(H,24,30). The molecule has 0 spiro atoms. The highest BCUT2D eigenvalue weighted by atomic mass is 16.5. The van der Waals surface area contributed by atoms with Crippen molar-refractivity contribution >= 4 is 29.2 Å². The Kier molecular flexibility index (Phi) is 6.06. The van der Waals surface area contributed by atoms with Gasteiger partial charge in [-0.25, -0.2) is 0 Å². The molecule has 9 heteroatoms. The van der Waals surface area contributed by atoms with E-state index >= 15 is 0 Å². The fourth-order valence-corrected chi connectivity index (χ4v) is 2.68. The molecule has 0 heterocycles. The molecule has 0 saturated heterocycles. The fraction of sp³-hybridized carbons (Fsp3) is 0.0455. The molecule has 3 aromatic carbocycles. The Hall–Kier alpha value is -4.53. The van der Waals surface area contributed by atoms with Crippen molar-refractivity contribution < 1.29 is 34.4 Å². The summed E-state index contributed by atoms with van der Waals surface area (Å²) in [7, 11) is 0. The van der Waals surface area contributed by atoms with Crippen LogP contribution in [0.3, 0.4) is 0 Å². The maximum absolute atomic E-state index is 12.5. The third-order valence-electron chi connectivity index (χ3n) is 4.07. The van der Waals surface area contributed by atoms with Crippen molar-refractivity contribution in [3.8, 4) is 23.0 Å². The molecule has 3 aromatic rings. The number of rotatable bonds is 5. The predicted molar refractivity (Wildman–Crippen MR) is 112 cm³/mol. The molecular formula is C22H18N2O7. The maximum atomic E-state index is 12.5. The smallest absolute Gasteiger partial charge is 0.308 e. The molecule has 31 heavy (non-hydrogen) atoms. The van der Waals surface area contributed by atoms with Crippen molar-refractivity contribution in [3.63, 3.8) is 0 Å². The van der Waals surface area contributed by atoms with Crippen LogP contribution in [-0.2, 0) is 4.79 Å². The van der Waals surface area contributed by atoms with E-state index in [-0.39, 0.29) is 16.9 Å². The molecule has 0 bridgehead atoms. The zero-order valence-electron chi connectivity index (χ0n) is 16.2. The Morgan fingerprint density at radius 3 is 1.87 bits per heavy atom. The Bertz CT molecular complexity index is 1150. The number of ether oxygens (including phenoxy) is 1. The van der Waals surface area contributed by atoms with Crippen LogP contribution in [-0.4, -0.2) is 33.1 Å². The van der Waals surface area contributed by atoms with Crippen LogP contribution in [0.4, 0.5) is 11.4 Å². The monoisotopic (exact) mass is 422 g/mol. The normalized spacial score (nSPS) is 10.2. The van der Waals surface area contributed by atoms with E-state index in [0.29, 0.717) is 11.4 Å². The van der Waals surface area contributed by atoms with E-state index in [9.17, 15) is 29.7 Å². The van der Waals surface area contributed by atoms with Gasteiger partial charge in [-0.3, -0.25) is 14.4 Å². The van der Waals surface area contributed by atoms with E-state index in [1.807, 2.05) is 0 Å². The van der Waals surface area contributed by atoms with Crippen LogP contribution in [0.5, 0.6) is 23.0 Å². The number of amides is 2. The van der Waals surface area contributed by atoms with Gasteiger partial charge in [-0.05, 0) is 48.5 Å². The van der Waals surface area contributed by atoms with Crippen molar-refractivity contribution in [2.24, 2.45) is 0 Å². The van der Waals surface area contributed by atoms with E-state index < -0.39 is 35.0 Å². The summed E-state index contributed by atoms with van der Waals surface area (Å²) in [4.78, 5) is 35.9. The van der Waals surface area contributed by atoms with Gasteiger partial charge in [-0.15, -0.1) is 0 Å². The molecule has 2 amide bonds. The molecule has 0 aliphatic heterocycles. The number of anilines is 2. The number of aromatic hydroxyl groups is 3. The quantitative estimate of drug-likeness (QED) is 0.241. The number of carbonyl (C=O) groups excluding carboxylic acids is 3. The highest BCUT2D eigenvalue weighted by molar-refractivity contribution is 6.07. The number of hydrogen-bond acceptors (Lipinski definition) is 7. The summed E-state index contributed by atoms with van der Waals surface area (Å²) in [6, 6.07) is 14.4. The topological polar surface area (TPSA) is 145 Å². The first-order valence-corrected chi connectivity index (χ1v) is 8.99. The van der Waals surface area contributed by atoms with Gasteiger partial charge in [0.2, 0.25) is 0 Å².